The fourth-order valence-electron chi connectivity index (χ4n) is 2.71. The second-order valence-electron chi connectivity index (χ2n) is 5.34. The Bertz CT molecular complexity index is 700. The first kappa shape index (κ1) is 13.6. The number of carbonyl (C=O) groups excluding carboxylic acids is 2. The van der Waals surface area contributed by atoms with Crippen molar-refractivity contribution in [3.8, 4) is 0 Å². The van der Waals surface area contributed by atoms with E-state index in [0.29, 0.717) is 11.3 Å². The number of aromatic nitrogens is 1. The van der Waals surface area contributed by atoms with Crippen molar-refractivity contribution in [3.63, 3.8) is 0 Å². The molecular weight excluding hydrogens is 266 g/mol. The third-order valence-electron chi connectivity index (χ3n) is 3.91. The molecule has 1 aromatic carbocycles. The van der Waals surface area contributed by atoms with Crippen LogP contribution in [0.3, 0.4) is 0 Å². The van der Waals surface area contributed by atoms with Crippen molar-refractivity contribution in [1.82, 2.24) is 4.57 Å². The highest BCUT2D eigenvalue weighted by Gasteiger charge is 2.16. The summed E-state index contributed by atoms with van der Waals surface area (Å²) in [7, 11) is 1.76. The molecule has 0 aliphatic heterocycles. The third-order valence-corrected chi connectivity index (χ3v) is 3.91. The number of benzene rings is 1. The van der Waals surface area contributed by atoms with Gasteiger partial charge in [-0.05, 0) is 48.6 Å². The quantitative estimate of drug-likeness (QED) is 0.640. The fourth-order valence-corrected chi connectivity index (χ4v) is 2.71. The van der Waals surface area contributed by atoms with Gasteiger partial charge in [-0.1, -0.05) is 12.1 Å². The molecule has 1 aliphatic carbocycles. The van der Waals surface area contributed by atoms with Crippen molar-refractivity contribution in [3.05, 3.63) is 58.9 Å². The van der Waals surface area contributed by atoms with Crippen LogP contribution in [0.1, 0.15) is 38.4 Å². The van der Waals surface area contributed by atoms with Crippen LogP contribution in [0.15, 0.2) is 36.5 Å². The molecule has 1 aromatic heterocycles. The lowest BCUT2D eigenvalue weighted by Crippen LogP contribution is -2.16. The molecule has 0 unspecified atom stereocenters. The zero-order valence-electron chi connectivity index (χ0n) is 12.0. The molecule has 1 aliphatic rings. The van der Waals surface area contributed by atoms with Gasteiger partial charge < -0.3 is 9.30 Å². The number of Topliss-reactive ketones (excluding diaryl/α,β-unsaturated/α-hetero) is 1. The number of nitrogens with zero attached hydrogens (tertiary/aromatic N) is 1. The molecule has 0 bridgehead atoms. The van der Waals surface area contributed by atoms with Crippen molar-refractivity contribution in [2.75, 3.05) is 6.61 Å². The summed E-state index contributed by atoms with van der Waals surface area (Å²) in [6.07, 6.45) is 5.03. The maximum absolute atomic E-state index is 12.1. The molecule has 4 heteroatoms. The molecule has 2 aromatic rings. The smallest absolute Gasteiger partial charge is 0.355 e. The van der Waals surface area contributed by atoms with E-state index in [1.54, 1.807) is 29.9 Å². The van der Waals surface area contributed by atoms with Gasteiger partial charge in [0.25, 0.3) is 0 Å². The SMILES string of the molecule is Cn1cccc1C(=O)OCC(=O)c1ccc2c(c1)CCC2. The number of ether oxygens (including phenoxy) is 1. The Morgan fingerprint density at radius 1 is 1.19 bits per heavy atom. The molecular formula is C17H17NO3. The maximum Gasteiger partial charge on any atom is 0.355 e. The number of hydrogen-bond donors (Lipinski definition) is 0. The van der Waals surface area contributed by atoms with Crippen LogP contribution in [0, 0.1) is 0 Å². The molecule has 21 heavy (non-hydrogen) atoms. The van der Waals surface area contributed by atoms with Gasteiger partial charge in [0.1, 0.15) is 5.69 Å². The van der Waals surface area contributed by atoms with E-state index in [0.717, 1.165) is 19.3 Å². The highest BCUT2D eigenvalue weighted by atomic mass is 16.5. The van der Waals surface area contributed by atoms with Crippen LogP contribution in [-0.4, -0.2) is 22.9 Å². The predicted molar refractivity (Wildman–Crippen MR) is 78.5 cm³/mol. The minimum absolute atomic E-state index is 0.160. The number of fused-ring (bicyclic) bond motifs is 1. The van der Waals surface area contributed by atoms with Crippen molar-refractivity contribution in [2.24, 2.45) is 7.05 Å². The second-order valence-corrected chi connectivity index (χ2v) is 5.34. The lowest BCUT2D eigenvalue weighted by molar-refractivity contribution is 0.0465. The normalized spacial score (nSPS) is 13.0. The van der Waals surface area contributed by atoms with Crippen LogP contribution in [-0.2, 0) is 24.6 Å². The largest absolute Gasteiger partial charge is 0.453 e. The first-order valence-electron chi connectivity index (χ1n) is 7.08. The van der Waals surface area contributed by atoms with Crippen LogP contribution in [0.2, 0.25) is 0 Å². The molecule has 0 saturated carbocycles. The van der Waals surface area contributed by atoms with Crippen LogP contribution in [0.5, 0.6) is 0 Å². The van der Waals surface area contributed by atoms with Crippen molar-refractivity contribution in [1.29, 1.82) is 0 Å². The van der Waals surface area contributed by atoms with Gasteiger partial charge in [-0.25, -0.2) is 4.79 Å². The van der Waals surface area contributed by atoms with Crippen molar-refractivity contribution in [2.45, 2.75) is 19.3 Å². The summed E-state index contributed by atoms with van der Waals surface area (Å²) in [5, 5.41) is 0. The van der Waals surface area contributed by atoms with Gasteiger partial charge in [-0.15, -0.1) is 0 Å². The van der Waals surface area contributed by atoms with Crippen LogP contribution >= 0.6 is 0 Å². The summed E-state index contributed by atoms with van der Waals surface area (Å²) in [6, 6.07) is 9.19. The fraction of sp³-hybridized carbons (Fsp3) is 0.294. The van der Waals surface area contributed by atoms with Crippen molar-refractivity contribution < 1.29 is 14.3 Å². The monoisotopic (exact) mass is 283 g/mol. The minimum Gasteiger partial charge on any atom is -0.453 e. The van der Waals surface area contributed by atoms with E-state index in [1.807, 2.05) is 18.2 Å². The molecule has 1 heterocycles. The highest BCUT2D eigenvalue weighted by molar-refractivity contribution is 5.99. The number of aryl methyl sites for hydroxylation is 3. The Kier molecular flexibility index (Phi) is 3.60. The topological polar surface area (TPSA) is 48.3 Å². The first-order chi connectivity index (χ1) is 10.1. The predicted octanol–water partition coefficient (Wildman–Crippen LogP) is 2.55. The lowest BCUT2D eigenvalue weighted by atomic mass is 10.0. The zero-order chi connectivity index (χ0) is 14.8. The molecule has 3 rings (SSSR count). The standard InChI is InChI=1S/C17H17NO3/c1-18-9-3-6-15(18)17(20)21-11-16(19)14-8-7-12-4-2-5-13(12)10-14/h3,6-10H,2,4-5,11H2,1H3. The average molecular weight is 283 g/mol. The Balaban J connectivity index is 1.64. The summed E-state index contributed by atoms with van der Waals surface area (Å²) >= 11 is 0. The molecule has 0 saturated heterocycles. The highest BCUT2D eigenvalue weighted by Crippen LogP contribution is 2.23. The summed E-state index contributed by atoms with van der Waals surface area (Å²) in [6.45, 7) is -0.219. The summed E-state index contributed by atoms with van der Waals surface area (Å²) in [5.74, 6) is -0.635. The van der Waals surface area contributed by atoms with Crippen LogP contribution in [0.25, 0.3) is 0 Å². The maximum atomic E-state index is 12.1. The molecule has 0 radical (unpaired) electrons. The molecule has 0 spiro atoms. The summed E-state index contributed by atoms with van der Waals surface area (Å²) in [4.78, 5) is 24.0. The van der Waals surface area contributed by atoms with E-state index >= 15 is 0 Å². The van der Waals surface area contributed by atoms with Gasteiger partial charge in [0.05, 0.1) is 0 Å². The lowest BCUT2D eigenvalue weighted by Gasteiger charge is -2.06. The van der Waals surface area contributed by atoms with Crippen LogP contribution in [0.4, 0.5) is 0 Å². The molecule has 108 valence electrons. The number of esters is 1. The van der Waals surface area contributed by atoms with Gasteiger partial charge in [0.2, 0.25) is 0 Å². The number of ketones is 1. The van der Waals surface area contributed by atoms with Crippen molar-refractivity contribution >= 4 is 11.8 Å². The second kappa shape index (κ2) is 5.56. The van der Waals surface area contributed by atoms with E-state index < -0.39 is 5.97 Å². The Hall–Kier alpha value is -2.36. The van der Waals surface area contributed by atoms with E-state index in [1.165, 1.54) is 11.1 Å². The van der Waals surface area contributed by atoms with E-state index in [2.05, 4.69) is 0 Å². The average Bonchev–Trinajstić information content (AvgIpc) is 3.11. The Morgan fingerprint density at radius 3 is 2.76 bits per heavy atom. The number of carbonyl (C=O) groups is 2. The molecule has 0 amide bonds. The number of hydrogen-bond acceptors (Lipinski definition) is 3. The van der Waals surface area contributed by atoms with Gasteiger partial charge in [0, 0.05) is 18.8 Å². The van der Waals surface area contributed by atoms with E-state index in [-0.39, 0.29) is 12.4 Å². The Labute approximate surface area is 123 Å². The molecule has 4 nitrogen and oxygen atoms in total. The third kappa shape index (κ3) is 2.75. The molecule has 0 atom stereocenters. The van der Waals surface area contributed by atoms with E-state index in [4.69, 9.17) is 4.74 Å². The van der Waals surface area contributed by atoms with Crippen LogP contribution < -0.4 is 0 Å². The van der Waals surface area contributed by atoms with Gasteiger partial charge in [-0.2, -0.15) is 0 Å². The summed E-state index contributed by atoms with van der Waals surface area (Å²) in [5.41, 5.74) is 3.63. The summed E-state index contributed by atoms with van der Waals surface area (Å²) < 4.78 is 6.76. The molecule has 0 N–H and O–H groups in total. The zero-order valence-corrected chi connectivity index (χ0v) is 12.0. The minimum atomic E-state index is -0.475. The van der Waals surface area contributed by atoms with Gasteiger partial charge >= 0.3 is 5.97 Å². The Morgan fingerprint density at radius 2 is 2.00 bits per heavy atom. The molecule has 0 fully saturated rings. The number of rotatable bonds is 4. The van der Waals surface area contributed by atoms with E-state index in [9.17, 15) is 9.59 Å². The van der Waals surface area contributed by atoms with Gasteiger partial charge in [0.15, 0.2) is 12.4 Å². The van der Waals surface area contributed by atoms with Gasteiger partial charge in [-0.3, -0.25) is 4.79 Å². The first-order valence-corrected chi connectivity index (χ1v) is 7.08.